The van der Waals surface area contributed by atoms with Crippen LogP contribution in [0.3, 0.4) is 0 Å². The van der Waals surface area contributed by atoms with Crippen molar-refractivity contribution in [2.45, 2.75) is 26.3 Å². The molecule has 0 radical (unpaired) electrons. The summed E-state index contributed by atoms with van der Waals surface area (Å²) >= 11 is 0. The van der Waals surface area contributed by atoms with E-state index in [1.807, 2.05) is 6.92 Å². The van der Waals surface area contributed by atoms with Crippen LogP contribution < -0.4 is 16.4 Å². The van der Waals surface area contributed by atoms with E-state index in [-0.39, 0.29) is 11.5 Å². The molecule has 0 aliphatic carbocycles. The summed E-state index contributed by atoms with van der Waals surface area (Å²) in [6.45, 7) is 5.98. The van der Waals surface area contributed by atoms with Crippen LogP contribution in [0.5, 0.6) is 0 Å². The quantitative estimate of drug-likeness (QED) is 0.750. The van der Waals surface area contributed by atoms with Gasteiger partial charge in [0.05, 0.1) is 11.1 Å². The number of hydrogen-bond donors (Lipinski definition) is 3. The van der Waals surface area contributed by atoms with Crippen molar-refractivity contribution in [1.29, 1.82) is 0 Å². The molecule has 1 aromatic rings. The van der Waals surface area contributed by atoms with E-state index in [1.165, 1.54) is 12.1 Å². The van der Waals surface area contributed by atoms with E-state index in [9.17, 15) is 14.0 Å². The number of halogens is 1. The number of benzene rings is 1. The molecule has 0 atom stereocenters. The van der Waals surface area contributed by atoms with Gasteiger partial charge in [0.25, 0.3) is 5.91 Å². The topological polar surface area (TPSA) is 84.2 Å². The van der Waals surface area contributed by atoms with E-state index in [0.717, 1.165) is 6.07 Å². The van der Waals surface area contributed by atoms with Gasteiger partial charge in [-0.2, -0.15) is 0 Å². The van der Waals surface area contributed by atoms with Crippen molar-refractivity contribution < 1.29 is 14.0 Å². The van der Waals surface area contributed by atoms with Crippen LogP contribution in [0.2, 0.25) is 0 Å². The lowest BCUT2D eigenvalue weighted by atomic mass is 10.0. The molecule has 0 unspecified atom stereocenters. The van der Waals surface area contributed by atoms with Gasteiger partial charge in [-0.25, -0.2) is 4.39 Å². The molecule has 0 fully saturated rings. The monoisotopic (exact) mass is 267 g/mol. The Morgan fingerprint density at radius 1 is 1.37 bits per heavy atom. The summed E-state index contributed by atoms with van der Waals surface area (Å²) in [6, 6.07) is 3.69. The fourth-order valence-corrected chi connectivity index (χ4v) is 1.60. The van der Waals surface area contributed by atoms with E-state index in [0.29, 0.717) is 12.2 Å². The van der Waals surface area contributed by atoms with Gasteiger partial charge in [0, 0.05) is 5.69 Å². The maximum absolute atomic E-state index is 13.3. The molecule has 0 aliphatic heterocycles. The number of primary amides is 1. The minimum atomic E-state index is -0.875. The summed E-state index contributed by atoms with van der Waals surface area (Å²) < 4.78 is 13.3. The zero-order chi connectivity index (χ0) is 14.6. The molecule has 5 nitrogen and oxygen atoms in total. The summed E-state index contributed by atoms with van der Waals surface area (Å²) in [5.74, 6) is -1.87. The van der Waals surface area contributed by atoms with Crippen molar-refractivity contribution >= 4 is 17.5 Å². The number of nitrogens with two attached hydrogens (primary N) is 1. The molecule has 0 aliphatic rings. The van der Waals surface area contributed by atoms with Gasteiger partial charge in [-0.1, -0.05) is 6.92 Å². The average molecular weight is 267 g/mol. The van der Waals surface area contributed by atoms with Crippen LogP contribution in [0.4, 0.5) is 10.1 Å². The molecule has 2 amide bonds. The van der Waals surface area contributed by atoms with Crippen molar-refractivity contribution in [2.75, 3.05) is 11.9 Å². The summed E-state index contributed by atoms with van der Waals surface area (Å²) in [4.78, 5) is 23.0. The van der Waals surface area contributed by atoms with E-state index >= 15 is 0 Å². The third-order valence-electron chi connectivity index (χ3n) is 2.68. The van der Waals surface area contributed by atoms with Crippen molar-refractivity contribution in [3.8, 4) is 0 Å². The lowest BCUT2D eigenvalue weighted by Crippen LogP contribution is -2.49. The maximum atomic E-state index is 13.3. The second kappa shape index (κ2) is 5.79. The number of nitrogens with one attached hydrogen (secondary N) is 2. The van der Waals surface area contributed by atoms with E-state index in [1.54, 1.807) is 13.8 Å². The Balaban J connectivity index is 2.92. The van der Waals surface area contributed by atoms with Crippen LogP contribution in [0.25, 0.3) is 0 Å². The molecule has 104 valence electrons. The second-order valence-electron chi connectivity index (χ2n) is 4.67. The highest BCUT2D eigenvalue weighted by molar-refractivity contribution is 5.99. The lowest BCUT2D eigenvalue weighted by molar-refractivity contribution is -0.121. The Kier molecular flexibility index (Phi) is 4.61. The normalized spacial score (nSPS) is 11.2. The van der Waals surface area contributed by atoms with Crippen LogP contribution in [0.15, 0.2) is 18.2 Å². The maximum Gasteiger partial charge on any atom is 0.251 e. The molecule has 0 saturated carbocycles. The SMILES string of the molecule is CCNC(C)(C)C(=O)Nc1ccc(F)c(C(N)=O)c1. The number of carbonyl (C=O) groups is 2. The van der Waals surface area contributed by atoms with Gasteiger partial charge in [0.2, 0.25) is 5.91 Å². The zero-order valence-electron chi connectivity index (χ0n) is 11.2. The number of likely N-dealkylation sites (N-methyl/N-ethyl adjacent to an activating group) is 1. The predicted octanol–water partition coefficient (Wildman–Crippen LogP) is 1.25. The molecule has 19 heavy (non-hydrogen) atoms. The molecule has 4 N–H and O–H groups in total. The smallest absolute Gasteiger partial charge is 0.251 e. The molecule has 1 rings (SSSR count). The third-order valence-corrected chi connectivity index (χ3v) is 2.68. The van der Waals surface area contributed by atoms with Gasteiger partial charge in [-0.05, 0) is 38.6 Å². The molecule has 6 heteroatoms. The Labute approximate surface area is 111 Å². The van der Waals surface area contributed by atoms with Gasteiger partial charge < -0.3 is 16.4 Å². The number of amides is 2. The van der Waals surface area contributed by atoms with Gasteiger partial charge in [0.15, 0.2) is 0 Å². The van der Waals surface area contributed by atoms with E-state index in [4.69, 9.17) is 5.73 Å². The van der Waals surface area contributed by atoms with Crippen LogP contribution in [0, 0.1) is 5.82 Å². The molecule has 0 saturated heterocycles. The largest absolute Gasteiger partial charge is 0.366 e. The highest BCUT2D eigenvalue weighted by Gasteiger charge is 2.26. The summed E-state index contributed by atoms with van der Waals surface area (Å²) in [5, 5.41) is 5.63. The van der Waals surface area contributed by atoms with Gasteiger partial charge >= 0.3 is 0 Å². The zero-order valence-corrected chi connectivity index (χ0v) is 11.2. The van der Waals surface area contributed by atoms with Crippen LogP contribution >= 0.6 is 0 Å². The van der Waals surface area contributed by atoms with Gasteiger partial charge in [-0.3, -0.25) is 9.59 Å². The van der Waals surface area contributed by atoms with Crippen molar-refractivity contribution in [2.24, 2.45) is 5.73 Å². The van der Waals surface area contributed by atoms with Crippen LogP contribution in [-0.4, -0.2) is 23.9 Å². The number of hydrogen-bond acceptors (Lipinski definition) is 3. The van der Waals surface area contributed by atoms with Crippen LogP contribution in [-0.2, 0) is 4.79 Å². The highest BCUT2D eigenvalue weighted by Crippen LogP contribution is 2.16. The van der Waals surface area contributed by atoms with Crippen LogP contribution in [0.1, 0.15) is 31.1 Å². The Hall–Kier alpha value is -1.95. The minimum absolute atomic E-state index is 0.251. The molecule has 0 heterocycles. The first-order valence-electron chi connectivity index (χ1n) is 5.93. The molecule has 0 spiro atoms. The fraction of sp³-hybridized carbons (Fsp3) is 0.385. The molecule has 0 bridgehead atoms. The van der Waals surface area contributed by atoms with Gasteiger partial charge in [-0.15, -0.1) is 0 Å². The van der Waals surface area contributed by atoms with Crippen molar-refractivity contribution in [3.63, 3.8) is 0 Å². The molecule has 1 aromatic carbocycles. The molecular formula is C13H18FN3O2. The van der Waals surface area contributed by atoms with Gasteiger partial charge in [0.1, 0.15) is 5.82 Å². The summed E-state index contributed by atoms with van der Waals surface area (Å²) in [5.41, 5.74) is 4.35. The standard InChI is InChI=1S/C13H18FN3O2/c1-4-16-13(2,3)12(19)17-8-5-6-10(14)9(7-8)11(15)18/h5-7,16H,4H2,1-3H3,(H2,15,18)(H,17,19). The lowest BCUT2D eigenvalue weighted by Gasteiger charge is -2.24. The van der Waals surface area contributed by atoms with E-state index in [2.05, 4.69) is 10.6 Å². The number of carbonyl (C=O) groups excluding carboxylic acids is 2. The van der Waals surface area contributed by atoms with Crippen molar-refractivity contribution in [1.82, 2.24) is 5.32 Å². The fourth-order valence-electron chi connectivity index (χ4n) is 1.60. The average Bonchev–Trinajstić information content (AvgIpc) is 2.31. The summed E-state index contributed by atoms with van der Waals surface area (Å²) in [6.07, 6.45) is 0. The first-order valence-corrected chi connectivity index (χ1v) is 5.93. The second-order valence-corrected chi connectivity index (χ2v) is 4.67. The Morgan fingerprint density at radius 2 is 2.00 bits per heavy atom. The number of anilines is 1. The number of rotatable bonds is 5. The molecule has 0 aromatic heterocycles. The predicted molar refractivity (Wildman–Crippen MR) is 71.3 cm³/mol. The minimum Gasteiger partial charge on any atom is -0.366 e. The summed E-state index contributed by atoms with van der Waals surface area (Å²) in [7, 11) is 0. The Morgan fingerprint density at radius 3 is 2.53 bits per heavy atom. The first-order chi connectivity index (χ1) is 8.77. The first kappa shape index (κ1) is 15.1. The third kappa shape index (κ3) is 3.75. The highest BCUT2D eigenvalue weighted by atomic mass is 19.1. The van der Waals surface area contributed by atoms with Crippen molar-refractivity contribution in [3.05, 3.63) is 29.6 Å². The molecular weight excluding hydrogens is 249 g/mol. The Bertz CT molecular complexity index is 501. The van der Waals surface area contributed by atoms with E-state index < -0.39 is 17.3 Å².